The summed E-state index contributed by atoms with van der Waals surface area (Å²) in [4.78, 5) is 27.4. The molecule has 1 unspecified atom stereocenters. The maximum atomic E-state index is 13.2. The molecule has 2 aromatic carbocycles. The van der Waals surface area contributed by atoms with Crippen LogP contribution in [0.3, 0.4) is 0 Å². The Morgan fingerprint density at radius 2 is 1.83 bits per heavy atom. The van der Waals surface area contributed by atoms with Crippen molar-refractivity contribution in [2.24, 2.45) is 5.92 Å². The van der Waals surface area contributed by atoms with Crippen LogP contribution in [0.5, 0.6) is 0 Å². The summed E-state index contributed by atoms with van der Waals surface area (Å²) in [5.74, 6) is -0.0288. The molecule has 0 heterocycles. The number of hydrogen-bond donors (Lipinski definition) is 1. The van der Waals surface area contributed by atoms with E-state index in [0.717, 1.165) is 10.0 Å². The molecule has 0 spiro atoms. The van der Waals surface area contributed by atoms with Crippen molar-refractivity contribution in [3.63, 3.8) is 0 Å². The Hall–Kier alpha value is -1.56. The highest BCUT2D eigenvalue weighted by molar-refractivity contribution is 9.10. The summed E-state index contributed by atoms with van der Waals surface area (Å²) in [5, 5.41) is 3.86. The number of carbonyl (C=O) groups excluding carboxylic acids is 2. The molecule has 2 aromatic rings. The normalized spacial score (nSPS) is 12.0. The fourth-order valence-corrected chi connectivity index (χ4v) is 3.72. The van der Waals surface area contributed by atoms with E-state index in [0.29, 0.717) is 34.6 Å². The molecule has 0 saturated heterocycles. The summed E-state index contributed by atoms with van der Waals surface area (Å²) < 4.78 is 0.917. The minimum Gasteiger partial charge on any atom is -0.354 e. The lowest BCUT2D eigenvalue weighted by atomic mass is 10.1. The summed E-state index contributed by atoms with van der Waals surface area (Å²) in [6.45, 7) is 6.68. The fourth-order valence-electron chi connectivity index (χ4n) is 2.80. The van der Waals surface area contributed by atoms with Gasteiger partial charge >= 0.3 is 0 Å². The second-order valence-electron chi connectivity index (χ2n) is 7.38. The van der Waals surface area contributed by atoms with Crippen LogP contribution in [0.15, 0.2) is 46.9 Å². The van der Waals surface area contributed by atoms with Crippen LogP contribution in [0.4, 0.5) is 0 Å². The highest BCUT2D eigenvalue weighted by Crippen LogP contribution is 2.23. The number of nitrogens with one attached hydrogen (secondary N) is 1. The molecule has 0 aliphatic heterocycles. The molecule has 2 rings (SSSR count). The van der Waals surface area contributed by atoms with E-state index >= 15 is 0 Å². The van der Waals surface area contributed by atoms with Crippen LogP contribution in [0.1, 0.15) is 31.9 Å². The van der Waals surface area contributed by atoms with Crippen molar-refractivity contribution in [1.29, 1.82) is 0 Å². The monoisotopic (exact) mass is 498 g/mol. The lowest BCUT2D eigenvalue weighted by molar-refractivity contribution is -0.140. The number of amides is 2. The van der Waals surface area contributed by atoms with Crippen molar-refractivity contribution < 1.29 is 9.59 Å². The molecule has 4 nitrogen and oxygen atoms in total. The fraction of sp³-hybridized carbons (Fsp3) is 0.364. The summed E-state index contributed by atoms with van der Waals surface area (Å²) in [6.07, 6.45) is 0.0891. The number of rotatable bonds is 8. The minimum atomic E-state index is -0.619. The van der Waals surface area contributed by atoms with Gasteiger partial charge in [0.2, 0.25) is 11.8 Å². The van der Waals surface area contributed by atoms with Gasteiger partial charge in [-0.1, -0.05) is 71.2 Å². The predicted octanol–water partition coefficient (Wildman–Crippen LogP) is 5.49. The van der Waals surface area contributed by atoms with E-state index in [2.05, 4.69) is 21.2 Å². The van der Waals surface area contributed by atoms with E-state index in [-0.39, 0.29) is 18.2 Å². The molecule has 7 heteroatoms. The van der Waals surface area contributed by atoms with E-state index in [1.54, 1.807) is 30.0 Å². The maximum Gasteiger partial charge on any atom is 0.242 e. The van der Waals surface area contributed by atoms with Gasteiger partial charge in [-0.05, 0) is 48.2 Å². The predicted molar refractivity (Wildman–Crippen MR) is 122 cm³/mol. The Morgan fingerprint density at radius 1 is 1.10 bits per heavy atom. The lowest BCUT2D eigenvalue weighted by Crippen LogP contribution is -2.48. The van der Waals surface area contributed by atoms with Crippen molar-refractivity contribution >= 4 is 50.9 Å². The molecule has 0 aliphatic rings. The van der Waals surface area contributed by atoms with E-state index in [4.69, 9.17) is 23.2 Å². The number of nitrogens with zero attached hydrogens (tertiary/aromatic N) is 1. The van der Waals surface area contributed by atoms with Crippen molar-refractivity contribution in [2.75, 3.05) is 6.54 Å². The number of benzene rings is 2. The Labute approximate surface area is 190 Å². The zero-order valence-electron chi connectivity index (χ0n) is 16.7. The van der Waals surface area contributed by atoms with Gasteiger partial charge in [-0.15, -0.1) is 0 Å². The highest BCUT2D eigenvalue weighted by atomic mass is 79.9. The zero-order valence-corrected chi connectivity index (χ0v) is 19.8. The minimum absolute atomic E-state index is 0.0891. The lowest BCUT2D eigenvalue weighted by Gasteiger charge is -2.29. The number of carbonyl (C=O) groups is 2. The van der Waals surface area contributed by atoms with Gasteiger partial charge in [0.15, 0.2) is 0 Å². The summed E-state index contributed by atoms with van der Waals surface area (Å²) in [5.41, 5.74) is 1.61. The van der Waals surface area contributed by atoms with Crippen LogP contribution in [-0.4, -0.2) is 29.3 Å². The van der Waals surface area contributed by atoms with Crippen LogP contribution < -0.4 is 5.32 Å². The molecule has 1 atom stereocenters. The van der Waals surface area contributed by atoms with Crippen LogP contribution >= 0.6 is 39.1 Å². The van der Waals surface area contributed by atoms with Crippen LogP contribution in [0.25, 0.3) is 0 Å². The Balaban J connectivity index is 2.24. The molecular weight excluding hydrogens is 475 g/mol. The average Bonchev–Trinajstić information content (AvgIpc) is 2.65. The first kappa shape index (κ1) is 23.7. The molecule has 29 heavy (non-hydrogen) atoms. The number of halogens is 3. The summed E-state index contributed by atoms with van der Waals surface area (Å²) >= 11 is 15.7. The van der Waals surface area contributed by atoms with Crippen LogP contribution in [0.2, 0.25) is 10.0 Å². The van der Waals surface area contributed by atoms with E-state index in [1.807, 2.05) is 38.1 Å². The molecule has 0 aliphatic carbocycles. The third-order valence-corrected chi connectivity index (χ3v) is 5.53. The maximum absolute atomic E-state index is 13.2. The molecule has 0 aromatic heterocycles. The van der Waals surface area contributed by atoms with Crippen LogP contribution in [0, 0.1) is 5.92 Å². The Kier molecular flexibility index (Phi) is 9.00. The second kappa shape index (κ2) is 11.0. The van der Waals surface area contributed by atoms with Gasteiger partial charge in [0.1, 0.15) is 6.04 Å². The molecule has 0 saturated carbocycles. The molecule has 0 bridgehead atoms. The average molecular weight is 500 g/mol. The Bertz CT molecular complexity index is 874. The van der Waals surface area contributed by atoms with Gasteiger partial charge in [-0.3, -0.25) is 9.59 Å². The second-order valence-corrected chi connectivity index (χ2v) is 9.14. The molecular formula is C22H25BrCl2N2O2. The SMILES string of the molecule is CC(C)CNC(=O)C(C)N(Cc1cccc(Br)c1)C(=O)Cc1ccc(Cl)cc1Cl. The van der Waals surface area contributed by atoms with E-state index in [1.165, 1.54) is 0 Å². The molecule has 156 valence electrons. The third kappa shape index (κ3) is 7.32. The first-order valence-electron chi connectivity index (χ1n) is 9.43. The van der Waals surface area contributed by atoms with Gasteiger partial charge in [0, 0.05) is 27.6 Å². The molecule has 1 N–H and O–H groups in total. The third-order valence-electron chi connectivity index (χ3n) is 4.45. The first-order chi connectivity index (χ1) is 13.7. The van der Waals surface area contributed by atoms with E-state index < -0.39 is 6.04 Å². The summed E-state index contributed by atoms with van der Waals surface area (Å²) in [6, 6.07) is 12.1. The van der Waals surface area contributed by atoms with Crippen LogP contribution in [-0.2, 0) is 22.6 Å². The number of hydrogen-bond acceptors (Lipinski definition) is 2. The Morgan fingerprint density at radius 3 is 2.45 bits per heavy atom. The van der Waals surface area contributed by atoms with Crippen molar-refractivity contribution in [3.8, 4) is 0 Å². The standard InChI is InChI=1S/C22H25BrCl2N2O2/c1-14(2)12-26-22(29)15(3)27(13-16-5-4-6-18(23)9-16)21(28)10-17-7-8-19(24)11-20(17)25/h4-9,11,14-15H,10,12-13H2,1-3H3,(H,26,29). The van der Waals surface area contributed by atoms with Crippen molar-refractivity contribution in [1.82, 2.24) is 10.2 Å². The van der Waals surface area contributed by atoms with Gasteiger partial charge in [0.25, 0.3) is 0 Å². The molecule has 0 radical (unpaired) electrons. The zero-order chi connectivity index (χ0) is 21.6. The van der Waals surface area contributed by atoms with Gasteiger partial charge in [-0.2, -0.15) is 0 Å². The van der Waals surface area contributed by atoms with E-state index in [9.17, 15) is 9.59 Å². The topological polar surface area (TPSA) is 49.4 Å². The summed E-state index contributed by atoms with van der Waals surface area (Å²) in [7, 11) is 0. The smallest absolute Gasteiger partial charge is 0.242 e. The van der Waals surface area contributed by atoms with Gasteiger partial charge in [0.05, 0.1) is 6.42 Å². The quantitative estimate of drug-likeness (QED) is 0.522. The highest BCUT2D eigenvalue weighted by Gasteiger charge is 2.26. The van der Waals surface area contributed by atoms with Crippen molar-refractivity contribution in [2.45, 2.75) is 39.8 Å². The van der Waals surface area contributed by atoms with Gasteiger partial charge in [-0.25, -0.2) is 0 Å². The molecule has 2 amide bonds. The van der Waals surface area contributed by atoms with Crippen molar-refractivity contribution in [3.05, 3.63) is 68.1 Å². The first-order valence-corrected chi connectivity index (χ1v) is 11.0. The van der Waals surface area contributed by atoms with Gasteiger partial charge < -0.3 is 10.2 Å². The molecule has 0 fully saturated rings. The largest absolute Gasteiger partial charge is 0.354 e.